The van der Waals surface area contributed by atoms with Crippen LogP contribution in [0, 0.1) is 6.92 Å². The van der Waals surface area contributed by atoms with Crippen LogP contribution in [0.5, 0.6) is 0 Å². The van der Waals surface area contributed by atoms with Crippen LogP contribution in [0.3, 0.4) is 0 Å². The maximum Gasteiger partial charge on any atom is 0.109 e. The minimum atomic E-state index is 1.05. The maximum absolute atomic E-state index is 4.99. The predicted octanol–water partition coefficient (Wildman–Crippen LogP) is 4.35. The molecule has 0 spiro atoms. The lowest BCUT2D eigenvalue weighted by molar-refractivity contribution is 0.756. The largest absolute Gasteiger partial charge is 0.327 e. The van der Waals surface area contributed by atoms with Gasteiger partial charge in [-0.2, -0.15) is 5.10 Å². The van der Waals surface area contributed by atoms with E-state index in [0.717, 1.165) is 29.6 Å². The first kappa shape index (κ1) is 13.5. The summed E-state index contributed by atoms with van der Waals surface area (Å²) in [4.78, 5) is 4.99. The molecule has 4 heteroatoms. The lowest BCUT2D eigenvalue weighted by Crippen LogP contribution is -1.96. The molecule has 0 saturated heterocycles. The fourth-order valence-electron chi connectivity index (χ4n) is 3.70. The van der Waals surface area contributed by atoms with Crippen molar-refractivity contribution in [2.45, 2.75) is 26.3 Å². The first-order valence-electron chi connectivity index (χ1n) is 8.39. The standard InChI is InChI=1S/C20H18N4/c1-13-4-2-5-14(10-13)19-20(24-9-3-6-18(24)22-19)15-7-8-17-16(11-15)12-21-23-17/h2,4-5,7-8,10-12H,3,6,9H2,1H3,(H,21,23). The number of fused-ring (bicyclic) bond motifs is 2. The number of aromatic nitrogens is 4. The Morgan fingerprint density at radius 2 is 2.04 bits per heavy atom. The Labute approximate surface area is 140 Å². The van der Waals surface area contributed by atoms with Gasteiger partial charge in [0, 0.05) is 29.5 Å². The van der Waals surface area contributed by atoms with E-state index < -0.39 is 0 Å². The van der Waals surface area contributed by atoms with E-state index in [1.165, 1.54) is 34.6 Å². The molecule has 2 aromatic heterocycles. The number of rotatable bonds is 2. The number of imidazole rings is 1. The van der Waals surface area contributed by atoms with Crippen LogP contribution in [0.2, 0.25) is 0 Å². The van der Waals surface area contributed by atoms with Crippen molar-refractivity contribution in [3.05, 3.63) is 60.0 Å². The summed E-state index contributed by atoms with van der Waals surface area (Å²) in [7, 11) is 0. The normalized spacial score (nSPS) is 13.5. The number of H-pyrrole nitrogens is 1. The SMILES string of the molecule is Cc1cccc(-c2nc3n(c2-c2ccc4[nH]ncc4c2)CCC3)c1. The van der Waals surface area contributed by atoms with Crippen molar-refractivity contribution in [3.8, 4) is 22.5 Å². The summed E-state index contributed by atoms with van der Waals surface area (Å²) < 4.78 is 2.39. The van der Waals surface area contributed by atoms with Crippen molar-refractivity contribution in [2.24, 2.45) is 0 Å². The first-order valence-corrected chi connectivity index (χ1v) is 8.39. The fourth-order valence-corrected chi connectivity index (χ4v) is 3.70. The Morgan fingerprint density at radius 1 is 1.08 bits per heavy atom. The summed E-state index contributed by atoms with van der Waals surface area (Å²) >= 11 is 0. The minimum absolute atomic E-state index is 1.05. The Morgan fingerprint density at radius 3 is 2.96 bits per heavy atom. The van der Waals surface area contributed by atoms with Gasteiger partial charge in [0.15, 0.2) is 0 Å². The van der Waals surface area contributed by atoms with Crippen molar-refractivity contribution in [2.75, 3.05) is 0 Å². The summed E-state index contributed by atoms with van der Waals surface area (Å²) in [5.41, 5.74) is 7.06. The van der Waals surface area contributed by atoms with Crippen molar-refractivity contribution in [1.29, 1.82) is 0 Å². The number of nitrogens with zero attached hydrogens (tertiary/aromatic N) is 3. The molecule has 24 heavy (non-hydrogen) atoms. The number of hydrogen-bond acceptors (Lipinski definition) is 2. The third-order valence-corrected chi connectivity index (χ3v) is 4.83. The van der Waals surface area contributed by atoms with Crippen molar-refractivity contribution >= 4 is 10.9 Å². The number of benzene rings is 2. The van der Waals surface area contributed by atoms with E-state index in [9.17, 15) is 0 Å². The van der Waals surface area contributed by atoms with Gasteiger partial charge < -0.3 is 4.57 Å². The maximum atomic E-state index is 4.99. The molecule has 1 N–H and O–H groups in total. The molecule has 5 rings (SSSR count). The lowest BCUT2D eigenvalue weighted by atomic mass is 10.0. The van der Waals surface area contributed by atoms with Gasteiger partial charge in [0.05, 0.1) is 23.1 Å². The van der Waals surface area contributed by atoms with E-state index in [1.807, 2.05) is 6.20 Å². The Bertz CT molecular complexity index is 1050. The van der Waals surface area contributed by atoms with Crippen LogP contribution in [-0.2, 0) is 13.0 Å². The molecule has 0 unspecified atom stereocenters. The second-order valence-corrected chi connectivity index (χ2v) is 6.52. The fraction of sp³-hybridized carbons (Fsp3) is 0.200. The van der Waals surface area contributed by atoms with E-state index in [4.69, 9.17) is 4.98 Å². The topological polar surface area (TPSA) is 46.5 Å². The molecule has 0 radical (unpaired) electrons. The van der Waals surface area contributed by atoms with Gasteiger partial charge in [-0.3, -0.25) is 5.10 Å². The first-order chi connectivity index (χ1) is 11.8. The highest BCUT2D eigenvalue weighted by Crippen LogP contribution is 2.36. The van der Waals surface area contributed by atoms with Gasteiger partial charge in [-0.05, 0) is 31.5 Å². The molecule has 0 saturated carbocycles. The van der Waals surface area contributed by atoms with Crippen molar-refractivity contribution in [1.82, 2.24) is 19.7 Å². The van der Waals surface area contributed by atoms with E-state index in [-0.39, 0.29) is 0 Å². The zero-order valence-electron chi connectivity index (χ0n) is 13.6. The highest BCUT2D eigenvalue weighted by atomic mass is 15.1. The van der Waals surface area contributed by atoms with Crippen LogP contribution < -0.4 is 0 Å². The van der Waals surface area contributed by atoms with Gasteiger partial charge in [-0.25, -0.2) is 4.98 Å². The average molecular weight is 314 g/mol. The number of aryl methyl sites for hydroxylation is 2. The average Bonchev–Trinajstić information content (AvgIpc) is 3.29. The van der Waals surface area contributed by atoms with Crippen LogP contribution in [0.4, 0.5) is 0 Å². The molecular formula is C20H18N4. The van der Waals surface area contributed by atoms with Gasteiger partial charge in [0.2, 0.25) is 0 Å². The number of aromatic amines is 1. The van der Waals surface area contributed by atoms with Crippen molar-refractivity contribution in [3.63, 3.8) is 0 Å². The van der Waals surface area contributed by atoms with E-state index in [0.29, 0.717) is 0 Å². The Hall–Kier alpha value is -2.88. The van der Waals surface area contributed by atoms with E-state index in [1.54, 1.807) is 0 Å². The summed E-state index contributed by atoms with van der Waals surface area (Å²) in [6.45, 7) is 3.18. The van der Waals surface area contributed by atoms with Gasteiger partial charge in [0.25, 0.3) is 0 Å². The molecule has 4 aromatic rings. The molecule has 0 atom stereocenters. The summed E-state index contributed by atoms with van der Waals surface area (Å²) in [5.74, 6) is 1.20. The molecule has 0 aliphatic carbocycles. The summed E-state index contributed by atoms with van der Waals surface area (Å²) in [5, 5.41) is 8.30. The molecule has 1 aliphatic rings. The highest BCUT2D eigenvalue weighted by molar-refractivity contribution is 5.87. The molecule has 2 aromatic carbocycles. The smallest absolute Gasteiger partial charge is 0.109 e. The minimum Gasteiger partial charge on any atom is -0.327 e. The Kier molecular flexibility index (Phi) is 2.86. The van der Waals surface area contributed by atoms with Gasteiger partial charge >= 0.3 is 0 Å². The molecule has 4 nitrogen and oxygen atoms in total. The number of nitrogens with one attached hydrogen (secondary N) is 1. The molecule has 0 bridgehead atoms. The van der Waals surface area contributed by atoms with Gasteiger partial charge in [-0.1, -0.05) is 29.8 Å². The zero-order chi connectivity index (χ0) is 16.1. The summed E-state index contributed by atoms with van der Waals surface area (Å²) in [6.07, 6.45) is 4.12. The van der Waals surface area contributed by atoms with E-state index >= 15 is 0 Å². The monoisotopic (exact) mass is 314 g/mol. The van der Waals surface area contributed by atoms with Gasteiger partial charge in [0.1, 0.15) is 5.82 Å². The molecule has 0 amide bonds. The van der Waals surface area contributed by atoms with E-state index in [2.05, 4.69) is 64.2 Å². The van der Waals surface area contributed by atoms with Gasteiger partial charge in [-0.15, -0.1) is 0 Å². The molecule has 118 valence electrons. The molecule has 0 fully saturated rings. The lowest BCUT2D eigenvalue weighted by Gasteiger charge is -2.09. The molecular weight excluding hydrogens is 296 g/mol. The Balaban J connectivity index is 1.77. The van der Waals surface area contributed by atoms with Crippen LogP contribution in [0.15, 0.2) is 48.7 Å². The van der Waals surface area contributed by atoms with Crippen LogP contribution in [0.25, 0.3) is 33.4 Å². The third-order valence-electron chi connectivity index (χ3n) is 4.83. The highest BCUT2D eigenvalue weighted by Gasteiger charge is 2.23. The molecule has 3 heterocycles. The third kappa shape index (κ3) is 1.99. The molecule has 1 aliphatic heterocycles. The second kappa shape index (κ2) is 5.06. The quantitative estimate of drug-likeness (QED) is 0.598. The zero-order valence-corrected chi connectivity index (χ0v) is 13.6. The second-order valence-electron chi connectivity index (χ2n) is 6.52. The van der Waals surface area contributed by atoms with Crippen LogP contribution in [-0.4, -0.2) is 19.7 Å². The predicted molar refractivity (Wildman–Crippen MR) is 95.8 cm³/mol. The number of hydrogen-bond donors (Lipinski definition) is 1. The van der Waals surface area contributed by atoms with Crippen LogP contribution in [0.1, 0.15) is 17.8 Å². The summed E-state index contributed by atoms with van der Waals surface area (Å²) in [6, 6.07) is 15.1. The van der Waals surface area contributed by atoms with Crippen LogP contribution >= 0.6 is 0 Å². The van der Waals surface area contributed by atoms with Crippen molar-refractivity contribution < 1.29 is 0 Å².